The lowest BCUT2D eigenvalue weighted by molar-refractivity contribution is -0.114. The van der Waals surface area contributed by atoms with Gasteiger partial charge in [-0.2, -0.15) is 0 Å². The molecule has 1 unspecified atom stereocenters. The van der Waals surface area contributed by atoms with Crippen molar-refractivity contribution in [1.29, 1.82) is 0 Å². The van der Waals surface area contributed by atoms with Crippen LogP contribution in [0.5, 0.6) is 0 Å². The van der Waals surface area contributed by atoms with Crippen LogP contribution in [-0.2, 0) is 14.8 Å². The molecule has 0 spiro atoms. The van der Waals surface area contributed by atoms with E-state index < -0.39 is 21.7 Å². The Labute approximate surface area is 129 Å². The van der Waals surface area contributed by atoms with Gasteiger partial charge in [-0.05, 0) is 43.4 Å². The van der Waals surface area contributed by atoms with Crippen LogP contribution < -0.4 is 10.0 Å². The van der Waals surface area contributed by atoms with Crippen LogP contribution in [0.1, 0.15) is 26.2 Å². The number of amides is 1. The number of carbonyl (C=O) groups is 1. The minimum atomic E-state index is -3.73. The molecular weight excluding hydrogens is 307 g/mol. The smallest absolute Gasteiger partial charge is 0.240 e. The molecule has 7 heteroatoms. The number of nitrogens with one attached hydrogen (secondary N) is 2. The summed E-state index contributed by atoms with van der Waals surface area (Å²) in [6.45, 7) is 1.58. The van der Waals surface area contributed by atoms with Gasteiger partial charge in [-0.15, -0.1) is 0 Å². The van der Waals surface area contributed by atoms with Crippen LogP contribution in [0.3, 0.4) is 0 Å². The van der Waals surface area contributed by atoms with Crippen LogP contribution in [-0.4, -0.2) is 20.9 Å². The van der Waals surface area contributed by atoms with Gasteiger partial charge in [0.1, 0.15) is 5.82 Å². The fraction of sp³-hybridized carbons (Fsp3) is 0.400. The SMILES string of the molecule is CC(=O)Nc1cc(S(=O)(=O)NCC2CC=CCC2)ccc1F. The number of halogens is 1. The molecule has 5 nitrogen and oxygen atoms in total. The molecule has 120 valence electrons. The molecule has 0 aromatic heterocycles. The molecule has 1 amide bonds. The monoisotopic (exact) mass is 326 g/mol. The molecule has 2 rings (SSSR count). The Morgan fingerprint density at radius 1 is 1.36 bits per heavy atom. The van der Waals surface area contributed by atoms with Gasteiger partial charge < -0.3 is 5.32 Å². The van der Waals surface area contributed by atoms with E-state index in [1.54, 1.807) is 0 Å². The molecule has 2 N–H and O–H groups in total. The number of rotatable bonds is 5. The van der Waals surface area contributed by atoms with Gasteiger partial charge in [0.05, 0.1) is 10.6 Å². The standard InChI is InChI=1S/C15H19FN2O3S/c1-11(19)18-15-9-13(7-8-14(15)16)22(20,21)17-10-12-5-3-2-4-6-12/h2-3,7-9,12,17H,4-6,10H2,1H3,(H,18,19). The van der Waals surface area contributed by atoms with Gasteiger partial charge in [0.15, 0.2) is 0 Å². The second kappa shape index (κ2) is 7.02. The van der Waals surface area contributed by atoms with Gasteiger partial charge in [0.2, 0.25) is 15.9 Å². The van der Waals surface area contributed by atoms with Crippen LogP contribution >= 0.6 is 0 Å². The summed E-state index contributed by atoms with van der Waals surface area (Å²) < 4.78 is 40.6. The van der Waals surface area contributed by atoms with Crippen molar-refractivity contribution < 1.29 is 17.6 Å². The van der Waals surface area contributed by atoms with E-state index in [0.717, 1.165) is 31.4 Å². The zero-order chi connectivity index (χ0) is 16.2. The highest BCUT2D eigenvalue weighted by Gasteiger charge is 2.19. The molecule has 0 aliphatic heterocycles. The minimum absolute atomic E-state index is 0.0657. The predicted molar refractivity (Wildman–Crippen MR) is 82.4 cm³/mol. The van der Waals surface area contributed by atoms with Crippen LogP contribution in [0.4, 0.5) is 10.1 Å². The van der Waals surface area contributed by atoms with E-state index in [2.05, 4.69) is 22.2 Å². The first-order valence-corrected chi connectivity index (χ1v) is 8.58. The number of carbonyl (C=O) groups excluding carboxylic acids is 1. The highest BCUT2D eigenvalue weighted by molar-refractivity contribution is 7.89. The molecule has 0 fully saturated rings. The molecule has 0 heterocycles. The Hall–Kier alpha value is -1.73. The molecule has 1 aromatic carbocycles. The lowest BCUT2D eigenvalue weighted by Gasteiger charge is -2.18. The van der Waals surface area contributed by atoms with Gasteiger partial charge in [-0.3, -0.25) is 4.79 Å². The largest absolute Gasteiger partial charge is 0.324 e. The van der Waals surface area contributed by atoms with Crippen LogP contribution in [0.2, 0.25) is 0 Å². The highest BCUT2D eigenvalue weighted by atomic mass is 32.2. The number of benzene rings is 1. The average molecular weight is 326 g/mol. The van der Waals surface area contributed by atoms with E-state index in [4.69, 9.17) is 0 Å². The summed E-state index contributed by atoms with van der Waals surface area (Å²) in [5.41, 5.74) is -0.143. The summed E-state index contributed by atoms with van der Waals surface area (Å²) in [7, 11) is -3.73. The van der Waals surface area contributed by atoms with Crippen molar-refractivity contribution in [3.8, 4) is 0 Å². The van der Waals surface area contributed by atoms with Crippen molar-refractivity contribution in [3.63, 3.8) is 0 Å². The van der Waals surface area contributed by atoms with Gasteiger partial charge in [0.25, 0.3) is 0 Å². The molecule has 0 saturated heterocycles. The van der Waals surface area contributed by atoms with Gasteiger partial charge >= 0.3 is 0 Å². The Morgan fingerprint density at radius 3 is 2.77 bits per heavy atom. The molecule has 1 aliphatic carbocycles. The normalized spacial score (nSPS) is 18.2. The zero-order valence-corrected chi connectivity index (χ0v) is 13.1. The Kier molecular flexibility index (Phi) is 5.31. The molecule has 0 saturated carbocycles. The van der Waals surface area contributed by atoms with Gasteiger partial charge in [-0.1, -0.05) is 12.2 Å². The molecule has 1 aromatic rings. The van der Waals surface area contributed by atoms with E-state index in [9.17, 15) is 17.6 Å². The number of hydrogen-bond donors (Lipinski definition) is 2. The molecular formula is C15H19FN2O3S. The lowest BCUT2D eigenvalue weighted by atomic mass is 9.95. The maximum atomic E-state index is 13.6. The van der Waals surface area contributed by atoms with Gasteiger partial charge in [0, 0.05) is 13.5 Å². The summed E-state index contributed by atoms with van der Waals surface area (Å²) in [6, 6.07) is 3.34. The number of sulfonamides is 1. The first-order chi connectivity index (χ1) is 10.4. The predicted octanol–water partition coefficient (Wildman–Crippen LogP) is 2.42. The minimum Gasteiger partial charge on any atom is -0.324 e. The maximum absolute atomic E-state index is 13.6. The first-order valence-electron chi connectivity index (χ1n) is 7.10. The topological polar surface area (TPSA) is 75.3 Å². The van der Waals surface area contributed by atoms with Gasteiger partial charge in [-0.25, -0.2) is 17.5 Å². The summed E-state index contributed by atoms with van der Waals surface area (Å²) in [4.78, 5) is 10.9. The number of allylic oxidation sites excluding steroid dienone is 2. The fourth-order valence-corrected chi connectivity index (χ4v) is 3.45. The first kappa shape index (κ1) is 16.6. The second-order valence-electron chi connectivity index (χ2n) is 5.33. The maximum Gasteiger partial charge on any atom is 0.240 e. The second-order valence-corrected chi connectivity index (χ2v) is 7.09. The van der Waals surface area contributed by atoms with E-state index in [0.29, 0.717) is 6.54 Å². The summed E-state index contributed by atoms with van der Waals surface area (Å²) >= 11 is 0. The molecule has 0 radical (unpaired) electrons. The van der Waals surface area contributed by atoms with Crippen molar-refractivity contribution in [2.24, 2.45) is 5.92 Å². The Morgan fingerprint density at radius 2 is 2.14 bits per heavy atom. The van der Waals surface area contributed by atoms with Crippen LogP contribution in [0, 0.1) is 11.7 Å². The molecule has 22 heavy (non-hydrogen) atoms. The summed E-state index contributed by atoms with van der Waals surface area (Å²) in [5, 5.41) is 2.28. The zero-order valence-electron chi connectivity index (χ0n) is 12.3. The lowest BCUT2D eigenvalue weighted by Crippen LogP contribution is -2.30. The van der Waals surface area contributed by atoms with Crippen molar-refractivity contribution in [1.82, 2.24) is 4.72 Å². The third kappa shape index (κ3) is 4.38. The third-order valence-corrected chi connectivity index (χ3v) is 4.92. The summed E-state index contributed by atoms with van der Waals surface area (Å²) in [6.07, 6.45) is 6.89. The van der Waals surface area contributed by atoms with Crippen molar-refractivity contribution in [2.45, 2.75) is 31.1 Å². The summed E-state index contributed by atoms with van der Waals surface area (Å²) in [5.74, 6) is -0.864. The Balaban J connectivity index is 2.11. The fourth-order valence-electron chi connectivity index (χ4n) is 2.31. The van der Waals surface area contributed by atoms with Crippen molar-refractivity contribution in [3.05, 3.63) is 36.2 Å². The number of anilines is 1. The van der Waals surface area contributed by atoms with E-state index >= 15 is 0 Å². The van der Waals surface area contributed by atoms with E-state index in [1.807, 2.05) is 0 Å². The Bertz CT molecular complexity index is 686. The van der Waals surface area contributed by atoms with Crippen molar-refractivity contribution in [2.75, 3.05) is 11.9 Å². The number of hydrogen-bond acceptors (Lipinski definition) is 3. The highest BCUT2D eigenvalue weighted by Crippen LogP contribution is 2.21. The van der Waals surface area contributed by atoms with Crippen LogP contribution in [0.25, 0.3) is 0 Å². The quantitative estimate of drug-likeness (QED) is 0.816. The van der Waals surface area contributed by atoms with E-state index in [-0.39, 0.29) is 16.5 Å². The van der Waals surface area contributed by atoms with Crippen molar-refractivity contribution >= 4 is 21.6 Å². The average Bonchev–Trinajstić information content (AvgIpc) is 2.48. The molecule has 1 atom stereocenters. The third-order valence-electron chi connectivity index (χ3n) is 3.50. The molecule has 1 aliphatic rings. The molecule has 0 bridgehead atoms. The van der Waals surface area contributed by atoms with E-state index in [1.165, 1.54) is 13.0 Å². The van der Waals surface area contributed by atoms with Crippen LogP contribution in [0.15, 0.2) is 35.2 Å².